The van der Waals surface area contributed by atoms with E-state index in [1.807, 2.05) is 26.0 Å². The van der Waals surface area contributed by atoms with Crippen molar-refractivity contribution >= 4 is 34.7 Å². The maximum Gasteiger partial charge on any atom is 0.343 e. The van der Waals surface area contributed by atoms with Gasteiger partial charge in [-0.25, -0.2) is 19.6 Å². The molecule has 0 aromatic carbocycles. The van der Waals surface area contributed by atoms with Crippen LogP contribution < -0.4 is 11.1 Å². The van der Waals surface area contributed by atoms with Gasteiger partial charge in [0.05, 0.1) is 25.6 Å². The van der Waals surface area contributed by atoms with E-state index in [0.29, 0.717) is 24.5 Å². The molecule has 6 rings (SSSR count). The summed E-state index contributed by atoms with van der Waals surface area (Å²) >= 11 is 0. The molecule has 0 aliphatic carbocycles. The topological polar surface area (TPSA) is 274 Å². The summed E-state index contributed by atoms with van der Waals surface area (Å²) < 4.78 is 9.96. The van der Waals surface area contributed by atoms with Gasteiger partial charge in [0.25, 0.3) is 16.8 Å². The van der Waals surface area contributed by atoms with E-state index >= 15 is 0 Å². The van der Waals surface area contributed by atoms with Crippen LogP contribution in [0.5, 0.6) is 11.8 Å². The number of hydrogen-bond acceptors (Lipinski definition) is 16. The molecular weight excluding hydrogens is 874 g/mol. The van der Waals surface area contributed by atoms with Crippen molar-refractivity contribution in [2.24, 2.45) is 20.5 Å². The number of nitriles is 2. The Hall–Kier alpha value is -8.12. The van der Waals surface area contributed by atoms with Crippen LogP contribution in [0.25, 0.3) is 16.5 Å². The van der Waals surface area contributed by atoms with E-state index in [1.54, 1.807) is 55.7 Å². The van der Waals surface area contributed by atoms with E-state index in [4.69, 9.17) is 11.3 Å². The summed E-state index contributed by atoms with van der Waals surface area (Å²) in [5.74, 6) is -0.470. The average molecular weight is 915 g/mol. The Kier molecular flexibility index (Phi) is 17.2. The molecule has 21 nitrogen and oxygen atoms in total. The van der Waals surface area contributed by atoms with Crippen molar-refractivity contribution in [3.63, 3.8) is 0 Å². The van der Waals surface area contributed by atoms with Crippen molar-refractivity contribution in [1.82, 2.24) is 38.7 Å². The summed E-state index contributed by atoms with van der Waals surface area (Å²) in [5, 5.41) is 65.0. The predicted octanol–water partition coefficient (Wildman–Crippen LogP) is 7.79. The summed E-state index contributed by atoms with van der Waals surface area (Å²) in [6, 6.07) is 14.2. The molecule has 6 aromatic rings. The normalized spacial score (nSPS) is 10.7. The van der Waals surface area contributed by atoms with Crippen LogP contribution in [0.4, 0.5) is 28.7 Å². The fourth-order valence-corrected chi connectivity index (χ4v) is 5.94. The second-order valence-electron chi connectivity index (χ2n) is 13.4. The van der Waals surface area contributed by atoms with Crippen molar-refractivity contribution in [1.29, 1.82) is 10.5 Å². The van der Waals surface area contributed by atoms with Crippen LogP contribution in [0.15, 0.2) is 91.2 Å². The van der Waals surface area contributed by atoms with Gasteiger partial charge in [-0.05, 0) is 63.4 Å². The number of aromatic hydroxyl groups is 2. The molecule has 0 atom stereocenters. The van der Waals surface area contributed by atoms with Crippen LogP contribution in [0.2, 0.25) is 0 Å². The first kappa shape index (κ1) is 48.5. The zero-order valence-electron chi connectivity index (χ0n) is 35.3. The van der Waals surface area contributed by atoms with Gasteiger partial charge in [0, 0.05) is 48.1 Å². The Morgan fingerprint density at radius 3 is 1.81 bits per heavy atom. The number of esters is 1. The van der Waals surface area contributed by atoms with Crippen molar-refractivity contribution < 1.29 is 36.8 Å². The number of carbonyl (C=O) groups is 1. The molecule has 6 aromatic heterocycles. The third-order valence-corrected chi connectivity index (χ3v) is 9.30. The Labute approximate surface area is 376 Å². The number of carbonyl (C=O) groups excluding carboxylic acids is 1. The van der Waals surface area contributed by atoms with Crippen LogP contribution >= 0.6 is 0 Å². The van der Waals surface area contributed by atoms with Crippen LogP contribution in [-0.2, 0) is 34.9 Å². The number of hydrogen-bond donors (Lipinski definition) is 2. The molecular formula is C42H41CuN15O6. The molecule has 0 spiro atoms. The Morgan fingerprint density at radius 1 is 0.781 bits per heavy atom. The molecule has 0 amide bonds. The molecule has 0 unspecified atom stereocenters. The fourth-order valence-electron chi connectivity index (χ4n) is 5.94. The van der Waals surface area contributed by atoms with E-state index in [1.165, 1.54) is 35.6 Å². The number of ether oxygens (including phenoxy) is 1. The molecule has 2 N–H and O–H groups in total. The number of rotatable bonds is 14. The third kappa shape index (κ3) is 10.3. The summed E-state index contributed by atoms with van der Waals surface area (Å²) in [6.07, 6.45) is 8.61. The van der Waals surface area contributed by atoms with Gasteiger partial charge in [0.2, 0.25) is 11.8 Å². The average Bonchev–Trinajstić information content (AvgIpc) is 3.92. The molecule has 64 heavy (non-hydrogen) atoms. The first-order valence-corrected chi connectivity index (χ1v) is 19.6. The first-order valence-electron chi connectivity index (χ1n) is 19.6. The minimum absolute atomic E-state index is 0. The van der Waals surface area contributed by atoms with E-state index < -0.39 is 23.0 Å². The van der Waals surface area contributed by atoms with Gasteiger partial charge < -0.3 is 14.9 Å². The molecule has 0 aliphatic rings. The van der Waals surface area contributed by atoms with E-state index in [2.05, 4.69) is 45.5 Å². The smallest absolute Gasteiger partial charge is 0.343 e. The number of unbranched alkanes of at least 4 members (excludes halogenated alkanes) is 2. The maximum absolute atomic E-state index is 12.6. The number of pyridine rings is 4. The molecule has 0 aliphatic heterocycles. The van der Waals surface area contributed by atoms with Crippen LogP contribution in [-0.4, -0.2) is 61.5 Å². The molecule has 0 saturated carbocycles. The van der Waals surface area contributed by atoms with Gasteiger partial charge in [-0.3, -0.25) is 18.7 Å². The standard InChI is InChI=1S/C22H23N7O4.C20H18N8O2.Cu/c1-5-7-12-28-20(30)17(23-4)14(3)18(21(28)31)26-27-19-15(22(32)33-6-2)13-25-29(19)16-10-8-9-11-24-16;1-3-4-9-27-19(29)15(11-22)13(2)17(20(27)30)25-26-18-14(10-21)12-24-28(18)16-7-5-6-8-23-16;/h8-11,13,31H,5-7,12H2,1-3H3;5-8,12,30H,3-4,9H2,1-2H3;. The van der Waals surface area contributed by atoms with Crippen LogP contribution in [0.1, 0.15) is 79.1 Å². The van der Waals surface area contributed by atoms with E-state index in [-0.39, 0.29) is 99.2 Å². The second kappa shape index (κ2) is 22.6. The number of nitrogens with zero attached hydrogens (tertiary/aromatic N) is 15. The van der Waals surface area contributed by atoms with Gasteiger partial charge in [-0.1, -0.05) is 38.8 Å². The van der Waals surface area contributed by atoms with Gasteiger partial charge in [-0.2, -0.15) is 30.1 Å². The van der Waals surface area contributed by atoms with Crippen molar-refractivity contribution in [2.45, 2.75) is 73.4 Å². The molecule has 331 valence electrons. The fraction of sp³-hybridized carbons (Fsp3) is 0.286. The summed E-state index contributed by atoms with van der Waals surface area (Å²) in [7, 11) is 0. The minimum Gasteiger partial charge on any atom is -0.493 e. The molecule has 6 heterocycles. The van der Waals surface area contributed by atoms with Gasteiger partial charge in [-0.15, -0.1) is 20.5 Å². The van der Waals surface area contributed by atoms with Crippen LogP contribution in [0.3, 0.4) is 0 Å². The summed E-state index contributed by atoms with van der Waals surface area (Å²) in [4.78, 5) is 49.3. The Bertz CT molecular complexity index is 2940. The van der Waals surface area contributed by atoms with Crippen molar-refractivity contribution in [3.8, 4) is 35.5 Å². The van der Waals surface area contributed by atoms with Gasteiger partial charge in [0.1, 0.15) is 34.5 Å². The minimum atomic E-state index is -0.649. The first-order chi connectivity index (χ1) is 30.5. The largest absolute Gasteiger partial charge is 0.493 e. The Morgan fingerprint density at radius 2 is 1.31 bits per heavy atom. The second-order valence-corrected chi connectivity index (χ2v) is 13.4. The van der Waals surface area contributed by atoms with Crippen LogP contribution in [0, 0.1) is 43.1 Å². The molecule has 0 saturated heterocycles. The summed E-state index contributed by atoms with van der Waals surface area (Å²) in [6.45, 7) is 16.6. The Balaban J connectivity index is 0.000000277. The van der Waals surface area contributed by atoms with Gasteiger partial charge in [0.15, 0.2) is 29.0 Å². The molecule has 0 fully saturated rings. The predicted molar refractivity (Wildman–Crippen MR) is 227 cm³/mol. The third-order valence-electron chi connectivity index (χ3n) is 9.30. The molecule has 0 bridgehead atoms. The number of aromatic nitrogens is 8. The monoisotopic (exact) mass is 914 g/mol. The quantitative estimate of drug-likeness (QED) is 0.0459. The maximum atomic E-state index is 12.6. The number of azo groups is 2. The molecule has 22 heteroatoms. The zero-order chi connectivity index (χ0) is 45.6. The van der Waals surface area contributed by atoms with Crippen molar-refractivity contribution in [2.75, 3.05) is 6.61 Å². The van der Waals surface area contributed by atoms with E-state index in [9.17, 15) is 35.1 Å². The van der Waals surface area contributed by atoms with E-state index in [0.717, 1.165) is 22.0 Å². The SMILES string of the molecule is CCCCn1c(O)c(N=Nc2c(C#N)cnn2-c2ccccn2)c(C)c(C#N)c1=O.[C-]#[N+]c1c(C)c(N=Nc2c(C(=O)OCC)cnn2-c2ccccn2)c(O)n(CCCC)c1=O.[Cu]. The molecule has 1 radical (unpaired) electrons. The van der Waals surface area contributed by atoms with Gasteiger partial charge >= 0.3 is 5.97 Å². The summed E-state index contributed by atoms with van der Waals surface area (Å²) in [5.41, 5.74) is -0.883. The van der Waals surface area contributed by atoms with Crippen molar-refractivity contribution in [3.05, 3.63) is 121 Å². The zero-order valence-corrected chi connectivity index (χ0v) is 36.2.